The molecular formula is C12H16N4O2. The summed E-state index contributed by atoms with van der Waals surface area (Å²) >= 11 is 0. The predicted molar refractivity (Wildman–Crippen MR) is 65.6 cm³/mol. The Labute approximate surface area is 105 Å². The van der Waals surface area contributed by atoms with Gasteiger partial charge in [0.05, 0.1) is 12.1 Å². The van der Waals surface area contributed by atoms with Crippen LogP contribution in [0.5, 0.6) is 0 Å². The van der Waals surface area contributed by atoms with Crippen LogP contribution >= 0.6 is 0 Å². The third-order valence-electron chi connectivity index (χ3n) is 2.88. The predicted octanol–water partition coefficient (Wildman–Crippen LogP) is 1.18. The minimum Gasteiger partial charge on any atom is -0.481 e. The minimum absolute atomic E-state index is 0.0196. The zero-order valence-corrected chi connectivity index (χ0v) is 10.8. The van der Waals surface area contributed by atoms with E-state index in [1.54, 1.807) is 11.4 Å². The number of carboxylic acid groups (broad SMARTS) is 1. The molecular weight excluding hydrogens is 232 g/mol. The van der Waals surface area contributed by atoms with E-state index in [2.05, 4.69) is 15.1 Å². The maximum Gasteiger partial charge on any atom is 0.307 e. The standard InChI is InChI=1S/C12H16N4O2/c1-4-9-8(6-11(17)18)10(5-2)16-12(14-9)13-7(3)15-16/h4-6H2,1-3H3,(H,17,18). The molecule has 0 aliphatic rings. The van der Waals surface area contributed by atoms with Crippen molar-refractivity contribution < 1.29 is 9.90 Å². The summed E-state index contributed by atoms with van der Waals surface area (Å²) in [5.41, 5.74) is 2.46. The molecule has 0 saturated heterocycles. The molecule has 2 aromatic rings. The van der Waals surface area contributed by atoms with Crippen molar-refractivity contribution in [3.8, 4) is 0 Å². The van der Waals surface area contributed by atoms with E-state index in [1.807, 2.05) is 13.8 Å². The lowest BCUT2D eigenvalue weighted by molar-refractivity contribution is -0.136. The molecule has 2 rings (SSSR count). The van der Waals surface area contributed by atoms with Crippen LogP contribution in [0.4, 0.5) is 0 Å². The van der Waals surface area contributed by atoms with Gasteiger partial charge in [0.2, 0.25) is 0 Å². The number of nitrogens with zero attached hydrogens (tertiary/aromatic N) is 4. The highest BCUT2D eigenvalue weighted by Gasteiger charge is 2.17. The SMILES string of the molecule is CCc1nc2nc(C)nn2c(CC)c1CC(=O)O. The summed E-state index contributed by atoms with van der Waals surface area (Å²) < 4.78 is 1.66. The van der Waals surface area contributed by atoms with Crippen molar-refractivity contribution in [2.24, 2.45) is 0 Å². The van der Waals surface area contributed by atoms with Crippen molar-refractivity contribution in [1.82, 2.24) is 19.6 Å². The van der Waals surface area contributed by atoms with Gasteiger partial charge >= 0.3 is 5.97 Å². The molecule has 0 saturated carbocycles. The van der Waals surface area contributed by atoms with E-state index >= 15 is 0 Å². The third kappa shape index (κ3) is 2.05. The van der Waals surface area contributed by atoms with E-state index in [1.165, 1.54) is 0 Å². The smallest absolute Gasteiger partial charge is 0.307 e. The van der Waals surface area contributed by atoms with Crippen LogP contribution in [0.1, 0.15) is 36.6 Å². The van der Waals surface area contributed by atoms with Gasteiger partial charge in [0, 0.05) is 11.3 Å². The van der Waals surface area contributed by atoms with Crippen molar-refractivity contribution in [3.05, 3.63) is 22.8 Å². The van der Waals surface area contributed by atoms with Crippen molar-refractivity contribution in [2.45, 2.75) is 40.0 Å². The normalized spacial score (nSPS) is 11.1. The first kappa shape index (κ1) is 12.5. The summed E-state index contributed by atoms with van der Waals surface area (Å²) in [6, 6.07) is 0. The molecule has 0 atom stereocenters. The molecule has 6 heteroatoms. The first-order valence-corrected chi connectivity index (χ1v) is 6.02. The van der Waals surface area contributed by atoms with E-state index in [-0.39, 0.29) is 6.42 Å². The summed E-state index contributed by atoms with van der Waals surface area (Å²) in [4.78, 5) is 19.6. The Kier molecular flexibility index (Phi) is 3.27. The highest BCUT2D eigenvalue weighted by molar-refractivity contribution is 5.71. The Balaban J connectivity index is 2.74. The van der Waals surface area contributed by atoms with Crippen LogP contribution in [-0.4, -0.2) is 30.7 Å². The number of hydrogen-bond acceptors (Lipinski definition) is 4. The molecule has 6 nitrogen and oxygen atoms in total. The number of rotatable bonds is 4. The fraction of sp³-hybridized carbons (Fsp3) is 0.500. The number of carbonyl (C=O) groups is 1. The number of aliphatic carboxylic acids is 1. The van der Waals surface area contributed by atoms with Crippen LogP contribution in [0.15, 0.2) is 0 Å². The van der Waals surface area contributed by atoms with Gasteiger partial charge in [-0.3, -0.25) is 4.79 Å². The Morgan fingerprint density at radius 1 is 1.28 bits per heavy atom. The fourth-order valence-corrected chi connectivity index (χ4v) is 2.15. The van der Waals surface area contributed by atoms with Crippen molar-refractivity contribution in [2.75, 3.05) is 0 Å². The van der Waals surface area contributed by atoms with Crippen molar-refractivity contribution >= 4 is 11.7 Å². The molecule has 0 radical (unpaired) electrons. The fourth-order valence-electron chi connectivity index (χ4n) is 2.15. The summed E-state index contributed by atoms with van der Waals surface area (Å²) in [5, 5.41) is 13.3. The van der Waals surface area contributed by atoms with Crippen LogP contribution in [0, 0.1) is 6.92 Å². The number of aromatic nitrogens is 4. The van der Waals surface area contributed by atoms with Gasteiger partial charge in [-0.25, -0.2) is 9.50 Å². The first-order chi connectivity index (χ1) is 8.56. The van der Waals surface area contributed by atoms with Crippen LogP contribution in [0.3, 0.4) is 0 Å². The molecule has 0 unspecified atom stereocenters. The van der Waals surface area contributed by atoms with Crippen molar-refractivity contribution in [3.63, 3.8) is 0 Å². The van der Waals surface area contributed by atoms with Gasteiger partial charge < -0.3 is 5.11 Å². The van der Waals surface area contributed by atoms with E-state index in [0.717, 1.165) is 17.0 Å². The molecule has 1 N–H and O–H groups in total. The van der Waals surface area contributed by atoms with Gasteiger partial charge in [-0.15, -0.1) is 0 Å². The molecule has 2 heterocycles. The minimum atomic E-state index is -0.850. The van der Waals surface area contributed by atoms with E-state index in [9.17, 15) is 4.79 Å². The monoisotopic (exact) mass is 248 g/mol. The molecule has 0 bridgehead atoms. The largest absolute Gasteiger partial charge is 0.481 e. The Bertz CT molecular complexity index is 604. The van der Waals surface area contributed by atoms with Crippen LogP contribution in [0.25, 0.3) is 5.78 Å². The Hall–Kier alpha value is -1.98. The molecule has 96 valence electrons. The van der Waals surface area contributed by atoms with Gasteiger partial charge in [0.1, 0.15) is 5.82 Å². The van der Waals surface area contributed by atoms with E-state index in [4.69, 9.17) is 5.11 Å². The van der Waals surface area contributed by atoms with Crippen LogP contribution < -0.4 is 0 Å². The number of fused-ring (bicyclic) bond motifs is 1. The molecule has 0 aliphatic heterocycles. The second kappa shape index (κ2) is 4.72. The first-order valence-electron chi connectivity index (χ1n) is 6.02. The average Bonchev–Trinajstić information content (AvgIpc) is 2.67. The lowest BCUT2D eigenvalue weighted by atomic mass is 10.0. The van der Waals surface area contributed by atoms with Gasteiger partial charge in [-0.2, -0.15) is 10.1 Å². The molecule has 0 aromatic carbocycles. The molecule has 0 amide bonds. The highest BCUT2D eigenvalue weighted by atomic mass is 16.4. The lowest BCUT2D eigenvalue weighted by Crippen LogP contribution is -2.13. The molecule has 18 heavy (non-hydrogen) atoms. The van der Waals surface area contributed by atoms with Crippen LogP contribution in [-0.2, 0) is 24.1 Å². The number of hydrogen-bond donors (Lipinski definition) is 1. The highest BCUT2D eigenvalue weighted by Crippen LogP contribution is 2.17. The maximum atomic E-state index is 11.0. The average molecular weight is 248 g/mol. The Morgan fingerprint density at radius 2 is 2.00 bits per heavy atom. The third-order valence-corrected chi connectivity index (χ3v) is 2.88. The lowest BCUT2D eigenvalue weighted by Gasteiger charge is -2.11. The topological polar surface area (TPSA) is 80.4 Å². The van der Waals surface area contributed by atoms with Gasteiger partial charge in [0.25, 0.3) is 5.78 Å². The second-order valence-electron chi connectivity index (χ2n) is 4.13. The van der Waals surface area contributed by atoms with Gasteiger partial charge in [0.15, 0.2) is 0 Å². The number of aryl methyl sites for hydroxylation is 3. The zero-order chi connectivity index (χ0) is 13.3. The van der Waals surface area contributed by atoms with E-state index < -0.39 is 5.97 Å². The summed E-state index contributed by atoms with van der Waals surface area (Å²) in [6.07, 6.45) is 1.38. The summed E-state index contributed by atoms with van der Waals surface area (Å²) in [5.74, 6) is 0.347. The second-order valence-corrected chi connectivity index (χ2v) is 4.13. The number of carboxylic acids is 1. The molecule has 2 aromatic heterocycles. The zero-order valence-electron chi connectivity index (χ0n) is 10.8. The quantitative estimate of drug-likeness (QED) is 0.878. The van der Waals surface area contributed by atoms with Gasteiger partial charge in [-0.1, -0.05) is 13.8 Å². The maximum absolute atomic E-state index is 11.0. The van der Waals surface area contributed by atoms with Gasteiger partial charge in [-0.05, 0) is 19.8 Å². The van der Waals surface area contributed by atoms with Crippen LogP contribution in [0.2, 0.25) is 0 Å². The summed E-state index contributed by atoms with van der Waals surface area (Å²) in [6.45, 7) is 5.75. The molecule has 0 fully saturated rings. The molecule has 0 spiro atoms. The Morgan fingerprint density at radius 3 is 2.56 bits per heavy atom. The van der Waals surface area contributed by atoms with E-state index in [0.29, 0.717) is 24.4 Å². The van der Waals surface area contributed by atoms with Crippen molar-refractivity contribution in [1.29, 1.82) is 0 Å². The molecule has 0 aliphatic carbocycles. The summed E-state index contributed by atoms with van der Waals surface area (Å²) in [7, 11) is 0.